The molecule has 0 N–H and O–H groups in total. The number of nitrogens with zero attached hydrogens (tertiary/aromatic N) is 5. The highest BCUT2D eigenvalue weighted by Gasteiger charge is 2.22. The van der Waals surface area contributed by atoms with Crippen LogP contribution < -0.4 is 0 Å². The quantitative estimate of drug-likeness (QED) is 0.169. The fourth-order valence-electron chi connectivity index (χ4n) is 6.81. The van der Waals surface area contributed by atoms with E-state index in [0.717, 1.165) is 33.0 Å². The topological polar surface area (TPSA) is 27.5 Å². The molecule has 8 rings (SSSR count). The second-order valence-corrected chi connectivity index (χ2v) is 16.6. The molecule has 0 amide bonds. The number of pyridine rings is 1. The molecule has 0 spiro atoms. The molecule has 296 valence electrons. The van der Waals surface area contributed by atoms with Crippen molar-refractivity contribution in [1.82, 2.24) is 24.3 Å². The number of hydrogen-bond acceptors (Lipinski definition) is 6. The van der Waals surface area contributed by atoms with Gasteiger partial charge in [-0.25, -0.2) is 9.37 Å². The first-order chi connectivity index (χ1) is 27.1. The van der Waals surface area contributed by atoms with Crippen LogP contribution in [0.5, 0.6) is 0 Å². The Kier molecular flexibility index (Phi) is 14.1. The van der Waals surface area contributed by atoms with Gasteiger partial charge in [0.1, 0.15) is 10.5 Å². The Hall–Kier alpha value is -5.31. The smallest absolute Gasteiger partial charge is 0.147 e. The zero-order valence-electron chi connectivity index (χ0n) is 34.8. The average Bonchev–Trinajstić information content (AvgIpc) is 3.67. The largest absolute Gasteiger partial charge is 0.345 e. The zero-order valence-corrected chi connectivity index (χ0v) is 36.5. The van der Waals surface area contributed by atoms with Crippen molar-refractivity contribution in [1.29, 1.82) is 0 Å². The van der Waals surface area contributed by atoms with Crippen molar-refractivity contribution in [3.8, 4) is 0 Å². The van der Waals surface area contributed by atoms with Crippen LogP contribution in [0.1, 0.15) is 99.8 Å². The summed E-state index contributed by atoms with van der Waals surface area (Å²) in [5, 5.41) is 2.41. The number of thiazole rings is 1. The van der Waals surface area contributed by atoms with Gasteiger partial charge in [-0.05, 0) is 91.5 Å². The molecule has 57 heavy (non-hydrogen) atoms. The predicted octanol–water partition coefficient (Wildman–Crippen LogP) is 14.1. The second-order valence-electron chi connectivity index (χ2n) is 15.4. The lowest BCUT2D eigenvalue weighted by atomic mass is 10.00. The molecular weight excluding hydrogens is 742 g/mol. The molecule has 0 bridgehead atoms. The monoisotopic (exact) mass is 797 g/mol. The van der Waals surface area contributed by atoms with Crippen LogP contribution >= 0.6 is 23.6 Å². The van der Waals surface area contributed by atoms with E-state index in [9.17, 15) is 4.39 Å². The van der Waals surface area contributed by atoms with Crippen molar-refractivity contribution in [3.63, 3.8) is 0 Å². The molecule has 8 heteroatoms. The van der Waals surface area contributed by atoms with Gasteiger partial charge in [0.2, 0.25) is 0 Å². The fraction of sp³-hybridized carbons (Fsp3) is 0.265. The summed E-state index contributed by atoms with van der Waals surface area (Å²) in [7, 11) is 0. The van der Waals surface area contributed by atoms with Crippen LogP contribution in [0.25, 0.3) is 45.8 Å². The van der Waals surface area contributed by atoms with Gasteiger partial charge in [-0.2, -0.15) is 0 Å². The number of halogens is 1. The van der Waals surface area contributed by atoms with E-state index in [1.807, 2.05) is 48.5 Å². The van der Waals surface area contributed by atoms with E-state index in [2.05, 4.69) is 161 Å². The Morgan fingerprint density at radius 1 is 0.667 bits per heavy atom. The maximum absolute atomic E-state index is 13.7. The van der Waals surface area contributed by atoms with Crippen LogP contribution in [0.15, 0.2) is 123 Å². The molecule has 2 aromatic heterocycles. The zero-order chi connectivity index (χ0) is 41.6. The van der Waals surface area contributed by atoms with Crippen LogP contribution in [-0.4, -0.2) is 42.4 Å². The molecule has 0 atom stereocenters. The lowest BCUT2D eigenvalue weighted by molar-refractivity contribution is 0.430. The van der Waals surface area contributed by atoms with Crippen molar-refractivity contribution in [2.24, 2.45) is 0 Å². The first kappa shape index (κ1) is 42.8. The molecule has 0 saturated heterocycles. The van der Waals surface area contributed by atoms with E-state index in [1.165, 1.54) is 38.5 Å². The van der Waals surface area contributed by atoms with Crippen LogP contribution in [0, 0.1) is 11.6 Å². The SMILES string of the molecule is C=C1c2ccccc2C(F)=CN1C(C)C.C=C1c2ccccc2C=CN1C(C)C.C=C1c2scnc2C=CN1C(C)C.Cc1ccc2c(=S)n(C(C)C)ccc2c1. The Balaban J connectivity index is 0.000000145. The lowest BCUT2D eigenvalue weighted by Crippen LogP contribution is -2.26. The van der Waals surface area contributed by atoms with Crippen molar-refractivity contribution in [2.75, 3.05) is 0 Å². The Labute approximate surface area is 348 Å². The Morgan fingerprint density at radius 3 is 1.89 bits per heavy atom. The molecule has 3 aliphatic heterocycles. The minimum atomic E-state index is -0.188. The minimum absolute atomic E-state index is 0.188. The van der Waals surface area contributed by atoms with E-state index in [1.54, 1.807) is 17.4 Å². The number of rotatable bonds is 4. The molecule has 5 heterocycles. The maximum Gasteiger partial charge on any atom is 0.147 e. The van der Waals surface area contributed by atoms with Gasteiger partial charge in [0.25, 0.3) is 0 Å². The first-order valence-electron chi connectivity index (χ1n) is 19.5. The van der Waals surface area contributed by atoms with E-state index < -0.39 is 0 Å². The third kappa shape index (κ3) is 9.81. The van der Waals surface area contributed by atoms with Gasteiger partial charge in [0, 0.05) is 82.4 Å². The van der Waals surface area contributed by atoms with Crippen molar-refractivity contribution in [3.05, 3.63) is 166 Å². The highest BCUT2D eigenvalue weighted by molar-refractivity contribution is 7.71. The van der Waals surface area contributed by atoms with Gasteiger partial charge in [0.05, 0.1) is 21.8 Å². The van der Waals surface area contributed by atoms with Crippen LogP contribution in [-0.2, 0) is 0 Å². The van der Waals surface area contributed by atoms with E-state index in [-0.39, 0.29) is 11.9 Å². The van der Waals surface area contributed by atoms with Gasteiger partial charge in [-0.3, -0.25) is 0 Å². The van der Waals surface area contributed by atoms with Crippen molar-refractivity contribution >= 4 is 69.4 Å². The molecule has 5 aromatic rings. The number of benzene rings is 3. The molecule has 5 nitrogen and oxygen atoms in total. The summed E-state index contributed by atoms with van der Waals surface area (Å²) in [6.45, 7) is 31.3. The van der Waals surface area contributed by atoms with Crippen molar-refractivity contribution in [2.45, 2.75) is 86.5 Å². The average molecular weight is 798 g/mol. The van der Waals surface area contributed by atoms with Crippen LogP contribution in [0.4, 0.5) is 4.39 Å². The summed E-state index contributed by atoms with van der Waals surface area (Å²) >= 11 is 7.13. The molecule has 0 aliphatic carbocycles. The molecule has 0 saturated carbocycles. The van der Waals surface area contributed by atoms with Gasteiger partial charge in [-0.15, -0.1) is 11.3 Å². The van der Waals surface area contributed by atoms with Gasteiger partial charge in [-0.1, -0.05) is 104 Å². The van der Waals surface area contributed by atoms with Crippen molar-refractivity contribution < 1.29 is 4.39 Å². The first-order valence-corrected chi connectivity index (χ1v) is 20.8. The summed E-state index contributed by atoms with van der Waals surface area (Å²) in [5.41, 5.74) is 11.2. The lowest BCUT2D eigenvalue weighted by Gasteiger charge is -2.31. The summed E-state index contributed by atoms with van der Waals surface area (Å²) < 4.78 is 16.8. The predicted molar refractivity (Wildman–Crippen MR) is 248 cm³/mol. The summed E-state index contributed by atoms with van der Waals surface area (Å²) in [4.78, 5) is 11.7. The molecule has 0 radical (unpaired) electrons. The second kappa shape index (κ2) is 18.8. The maximum atomic E-state index is 13.7. The normalized spacial score (nSPS) is 14.1. The van der Waals surface area contributed by atoms with Gasteiger partial charge in [0.15, 0.2) is 0 Å². The third-order valence-corrected chi connectivity index (χ3v) is 11.3. The molecule has 0 fully saturated rings. The third-order valence-electron chi connectivity index (χ3n) is 9.93. The number of aryl methyl sites for hydroxylation is 1. The van der Waals surface area contributed by atoms with Gasteiger partial charge >= 0.3 is 0 Å². The molecule has 3 aliphatic rings. The highest BCUT2D eigenvalue weighted by Crippen LogP contribution is 2.35. The van der Waals surface area contributed by atoms with Crippen LogP contribution in [0.2, 0.25) is 0 Å². The van der Waals surface area contributed by atoms with E-state index in [4.69, 9.17) is 12.2 Å². The standard InChI is InChI=1S/C13H14FN.C13H15NS.C13H15N.C10H12N2S/c1-9(2)15-8-13(14)12-7-5-4-6-11(12)10(15)3;1-9(2)14-7-6-11-8-10(3)4-5-12(11)13(14)15;1-10(2)14-9-8-12-6-4-5-7-13(12)11(14)3;1-7(2)12-5-4-9-10(8(12)3)13-6-11-9/h4-9H,3H2,1-2H3;4-9H,1-3H3;4-10H,3H2,1-2H3;4-7H,3H2,1-2H3. The number of fused-ring (bicyclic) bond motifs is 4. The molecule has 0 unspecified atom stereocenters. The summed E-state index contributed by atoms with van der Waals surface area (Å²) in [6.07, 6.45) is 11.9. The van der Waals surface area contributed by atoms with Crippen LogP contribution in [0.3, 0.4) is 0 Å². The number of aromatic nitrogens is 2. The molecule has 3 aromatic carbocycles. The summed E-state index contributed by atoms with van der Waals surface area (Å²) in [6, 6.07) is 25.9. The van der Waals surface area contributed by atoms with E-state index >= 15 is 0 Å². The van der Waals surface area contributed by atoms with Gasteiger partial charge < -0.3 is 19.3 Å². The minimum Gasteiger partial charge on any atom is -0.345 e. The fourth-order valence-corrected chi connectivity index (χ4v) is 8.02. The van der Waals surface area contributed by atoms with E-state index in [0.29, 0.717) is 23.7 Å². The Morgan fingerprint density at radius 2 is 1.25 bits per heavy atom. The Bertz CT molecular complexity index is 2410. The number of hydrogen-bond donors (Lipinski definition) is 0. The molecular formula is C49H56FN5S2. The summed E-state index contributed by atoms with van der Waals surface area (Å²) in [5.74, 6) is -0.188. The highest BCUT2D eigenvalue weighted by atomic mass is 32.1.